The first kappa shape index (κ1) is 11.1. The third-order valence-corrected chi connectivity index (χ3v) is 2.88. The van der Waals surface area contributed by atoms with Gasteiger partial charge in [0.1, 0.15) is 6.61 Å². The highest BCUT2D eigenvalue weighted by molar-refractivity contribution is 5.91. The topological polar surface area (TPSA) is 41.8 Å². The molecule has 0 aromatic heterocycles. The van der Waals surface area contributed by atoms with Crippen LogP contribution in [-0.2, 0) is 11.3 Å². The maximum atomic E-state index is 9.04. The monoisotopic (exact) mass is 219 g/mol. The number of fused-ring (bicyclic) bond motifs is 1. The van der Waals surface area contributed by atoms with E-state index in [1.165, 1.54) is 11.1 Å². The van der Waals surface area contributed by atoms with Gasteiger partial charge in [0, 0.05) is 5.92 Å². The molecule has 0 aliphatic heterocycles. The van der Waals surface area contributed by atoms with Gasteiger partial charge in [-0.15, -0.1) is 0 Å². The maximum Gasteiger partial charge on any atom is 0.142 e. The Kier molecular flexibility index (Phi) is 3.25. The molecule has 0 saturated heterocycles. The molecule has 3 nitrogen and oxygen atoms in total. The van der Waals surface area contributed by atoms with Crippen molar-refractivity contribution in [2.75, 3.05) is 6.61 Å². The third kappa shape index (κ3) is 2.25. The molecule has 0 saturated carbocycles. The van der Waals surface area contributed by atoms with Crippen LogP contribution >= 0.6 is 0 Å². The minimum absolute atomic E-state index is 0.256. The van der Waals surface area contributed by atoms with Crippen molar-refractivity contribution < 1.29 is 9.94 Å². The standard InChI is InChI=1S/C13H17NO2/c1-9(15)8-16-14-10(2)13-7-11-5-3-4-6-12(11)13/h3-6,9,13,15H,7-8H2,1-2H3/b14-10-/t9-,13-/m1/s1. The largest absolute Gasteiger partial charge is 0.393 e. The van der Waals surface area contributed by atoms with Crippen molar-refractivity contribution in [2.24, 2.45) is 5.16 Å². The molecule has 86 valence electrons. The first-order valence-corrected chi connectivity index (χ1v) is 5.61. The number of nitrogens with zero attached hydrogens (tertiary/aromatic N) is 1. The Labute approximate surface area is 95.7 Å². The van der Waals surface area contributed by atoms with E-state index in [0.717, 1.165) is 12.1 Å². The Morgan fingerprint density at radius 1 is 1.56 bits per heavy atom. The van der Waals surface area contributed by atoms with Crippen molar-refractivity contribution >= 4 is 5.71 Å². The second-order valence-corrected chi connectivity index (χ2v) is 4.33. The van der Waals surface area contributed by atoms with Crippen molar-refractivity contribution in [2.45, 2.75) is 32.3 Å². The van der Waals surface area contributed by atoms with Gasteiger partial charge in [-0.2, -0.15) is 0 Å². The van der Waals surface area contributed by atoms with Gasteiger partial charge in [-0.25, -0.2) is 0 Å². The van der Waals surface area contributed by atoms with E-state index >= 15 is 0 Å². The van der Waals surface area contributed by atoms with Gasteiger partial charge in [0.15, 0.2) is 0 Å². The summed E-state index contributed by atoms with van der Waals surface area (Å²) in [7, 11) is 0. The van der Waals surface area contributed by atoms with Crippen LogP contribution in [0.4, 0.5) is 0 Å². The summed E-state index contributed by atoms with van der Waals surface area (Å²) in [5, 5.41) is 13.1. The van der Waals surface area contributed by atoms with E-state index in [4.69, 9.17) is 9.94 Å². The smallest absolute Gasteiger partial charge is 0.142 e. The zero-order valence-electron chi connectivity index (χ0n) is 9.68. The van der Waals surface area contributed by atoms with Crippen LogP contribution in [0.3, 0.4) is 0 Å². The fourth-order valence-electron chi connectivity index (χ4n) is 1.94. The fraction of sp³-hybridized carbons (Fsp3) is 0.462. The highest BCUT2D eigenvalue weighted by Crippen LogP contribution is 2.35. The van der Waals surface area contributed by atoms with E-state index in [0.29, 0.717) is 5.92 Å². The van der Waals surface area contributed by atoms with Gasteiger partial charge < -0.3 is 9.94 Å². The summed E-state index contributed by atoms with van der Waals surface area (Å²) in [6.45, 7) is 3.91. The Balaban J connectivity index is 1.96. The Bertz CT molecular complexity index is 399. The Morgan fingerprint density at radius 3 is 3.00 bits per heavy atom. The SMILES string of the molecule is C/C(=N/OC[C@@H](C)O)[C@H]1Cc2ccccc21. The summed E-state index contributed by atoms with van der Waals surface area (Å²) in [4.78, 5) is 5.07. The van der Waals surface area contributed by atoms with E-state index in [9.17, 15) is 0 Å². The molecule has 0 heterocycles. The minimum atomic E-state index is -0.467. The summed E-state index contributed by atoms with van der Waals surface area (Å²) in [5.74, 6) is 0.394. The molecule has 0 radical (unpaired) electrons. The third-order valence-electron chi connectivity index (χ3n) is 2.88. The van der Waals surface area contributed by atoms with Crippen LogP contribution in [0.15, 0.2) is 29.4 Å². The zero-order valence-corrected chi connectivity index (χ0v) is 9.68. The first-order chi connectivity index (χ1) is 7.68. The lowest BCUT2D eigenvalue weighted by molar-refractivity contribution is 0.0494. The van der Waals surface area contributed by atoms with Crippen LogP contribution in [0.5, 0.6) is 0 Å². The second-order valence-electron chi connectivity index (χ2n) is 4.33. The Hall–Kier alpha value is -1.35. The van der Waals surface area contributed by atoms with E-state index in [1.54, 1.807) is 6.92 Å². The molecule has 1 N–H and O–H groups in total. The molecule has 1 aliphatic rings. The van der Waals surface area contributed by atoms with Crippen LogP contribution in [0.1, 0.15) is 30.9 Å². The molecule has 2 atom stereocenters. The van der Waals surface area contributed by atoms with Crippen LogP contribution in [-0.4, -0.2) is 23.5 Å². The highest BCUT2D eigenvalue weighted by atomic mass is 16.6. The molecular weight excluding hydrogens is 202 g/mol. The van der Waals surface area contributed by atoms with E-state index in [1.807, 2.05) is 6.92 Å². The average molecular weight is 219 g/mol. The number of hydrogen-bond acceptors (Lipinski definition) is 3. The minimum Gasteiger partial charge on any atom is -0.393 e. The van der Waals surface area contributed by atoms with Crippen LogP contribution in [0.25, 0.3) is 0 Å². The molecular formula is C13H17NO2. The summed E-state index contributed by atoms with van der Waals surface area (Å²) in [6.07, 6.45) is 0.578. The summed E-state index contributed by atoms with van der Waals surface area (Å²) in [6, 6.07) is 8.40. The molecule has 0 bridgehead atoms. The lowest BCUT2D eigenvalue weighted by atomic mass is 9.75. The predicted octanol–water partition coefficient (Wildman–Crippen LogP) is 2.10. The molecule has 0 spiro atoms. The number of aliphatic hydroxyl groups excluding tert-OH is 1. The molecule has 1 aliphatic carbocycles. The molecule has 1 aromatic carbocycles. The average Bonchev–Trinajstić information content (AvgIpc) is 2.19. The van der Waals surface area contributed by atoms with Crippen molar-refractivity contribution in [3.05, 3.63) is 35.4 Å². The second kappa shape index (κ2) is 4.66. The van der Waals surface area contributed by atoms with Gasteiger partial charge in [-0.3, -0.25) is 0 Å². The lowest BCUT2D eigenvalue weighted by Crippen LogP contribution is -2.23. The summed E-state index contributed by atoms with van der Waals surface area (Å²) < 4.78 is 0. The Morgan fingerprint density at radius 2 is 2.31 bits per heavy atom. The van der Waals surface area contributed by atoms with Gasteiger partial charge in [0.25, 0.3) is 0 Å². The summed E-state index contributed by atoms with van der Waals surface area (Å²) >= 11 is 0. The van der Waals surface area contributed by atoms with Gasteiger partial charge >= 0.3 is 0 Å². The van der Waals surface area contributed by atoms with Crippen molar-refractivity contribution in [1.29, 1.82) is 0 Å². The molecule has 0 unspecified atom stereocenters. The van der Waals surface area contributed by atoms with Gasteiger partial charge in [0.05, 0.1) is 11.8 Å². The van der Waals surface area contributed by atoms with E-state index in [2.05, 4.69) is 29.4 Å². The quantitative estimate of drug-likeness (QED) is 0.622. The van der Waals surface area contributed by atoms with Gasteiger partial charge in [0.2, 0.25) is 0 Å². The van der Waals surface area contributed by atoms with E-state index < -0.39 is 6.10 Å². The number of aliphatic hydroxyl groups is 1. The molecule has 1 aromatic rings. The number of hydrogen-bond donors (Lipinski definition) is 1. The normalized spacial score (nSPS) is 20.9. The molecule has 0 amide bonds. The fourth-order valence-corrected chi connectivity index (χ4v) is 1.94. The van der Waals surface area contributed by atoms with Gasteiger partial charge in [-0.1, -0.05) is 29.4 Å². The molecule has 3 heteroatoms. The first-order valence-electron chi connectivity index (χ1n) is 5.61. The van der Waals surface area contributed by atoms with Crippen LogP contribution in [0.2, 0.25) is 0 Å². The van der Waals surface area contributed by atoms with E-state index in [-0.39, 0.29) is 6.61 Å². The number of benzene rings is 1. The van der Waals surface area contributed by atoms with Gasteiger partial charge in [-0.05, 0) is 31.4 Å². The molecule has 0 fully saturated rings. The molecule has 2 rings (SSSR count). The molecule has 16 heavy (non-hydrogen) atoms. The van der Waals surface area contributed by atoms with Crippen LogP contribution < -0.4 is 0 Å². The lowest BCUT2D eigenvalue weighted by Gasteiger charge is -2.29. The zero-order chi connectivity index (χ0) is 11.5. The van der Waals surface area contributed by atoms with Crippen molar-refractivity contribution in [3.63, 3.8) is 0 Å². The highest BCUT2D eigenvalue weighted by Gasteiger charge is 2.27. The predicted molar refractivity (Wildman–Crippen MR) is 63.6 cm³/mol. The van der Waals surface area contributed by atoms with Crippen molar-refractivity contribution in [3.8, 4) is 0 Å². The maximum absolute atomic E-state index is 9.04. The number of rotatable bonds is 4. The van der Waals surface area contributed by atoms with Crippen molar-refractivity contribution in [1.82, 2.24) is 0 Å². The number of oxime groups is 1. The summed E-state index contributed by atoms with van der Waals surface area (Å²) in [5.41, 5.74) is 3.74. The van der Waals surface area contributed by atoms with Crippen LogP contribution in [0, 0.1) is 0 Å².